The van der Waals surface area contributed by atoms with Crippen molar-refractivity contribution in [3.8, 4) is 0 Å². The molecule has 0 aliphatic rings. The molecule has 1 N–H and O–H groups in total. The van der Waals surface area contributed by atoms with Gasteiger partial charge in [0.05, 0.1) is 13.2 Å². The topological polar surface area (TPSA) is 46.5 Å². The highest BCUT2D eigenvalue weighted by molar-refractivity contribution is 5.68. The fourth-order valence-electron chi connectivity index (χ4n) is 2.59. The zero-order valence-electron chi connectivity index (χ0n) is 14.2. The van der Waals surface area contributed by atoms with E-state index in [0.29, 0.717) is 6.42 Å². The van der Waals surface area contributed by atoms with Crippen molar-refractivity contribution in [2.24, 2.45) is 0 Å². The molecule has 126 valence electrons. The molecule has 0 saturated heterocycles. The van der Waals surface area contributed by atoms with Gasteiger partial charge in [-0.2, -0.15) is 0 Å². The zero-order chi connectivity index (χ0) is 15.8. The van der Waals surface area contributed by atoms with E-state index in [1.165, 1.54) is 45.6 Å². The molecule has 1 unspecified atom stereocenters. The SMILES string of the molecule is CCCCCCCCCC(O)CCCCCCC(=O)OC. The Morgan fingerprint density at radius 3 is 1.86 bits per heavy atom. The highest BCUT2D eigenvalue weighted by atomic mass is 16.5. The highest BCUT2D eigenvalue weighted by Gasteiger charge is 2.04. The number of aliphatic hydroxyl groups excluding tert-OH is 1. The number of methoxy groups -OCH3 is 1. The van der Waals surface area contributed by atoms with Crippen molar-refractivity contribution >= 4 is 5.97 Å². The lowest BCUT2D eigenvalue weighted by Gasteiger charge is -2.10. The molecule has 1 atom stereocenters. The Kier molecular flexibility index (Phi) is 15.4. The molecule has 0 aliphatic carbocycles. The van der Waals surface area contributed by atoms with Crippen molar-refractivity contribution in [3.05, 3.63) is 0 Å². The molecule has 0 heterocycles. The molecule has 0 bridgehead atoms. The van der Waals surface area contributed by atoms with E-state index in [1.807, 2.05) is 0 Å². The van der Waals surface area contributed by atoms with Gasteiger partial charge >= 0.3 is 5.97 Å². The summed E-state index contributed by atoms with van der Waals surface area (Å²) in [6.07, 6.45) is 15.5. The van der Waals surface area contributed by atoms with Crippen LogP contribution in [0.5, 0.6) is 0 Å². The first-order valence-electron chi connectivity index (χ1n) is 8.95. The minimum atomic E-state index is -0.124. The number of unbranched alkanes of at least 4 members (excludes halogenated alkanes) is 9. The Hall–Kier alpha value is -0.570. The molecule has 0 aromatic rings. The first-order valence-corrected chi connectivity index (χ1v) is 8.95. The van der Waals surface area contributed by atoms with E-state index in [-0.39, 0.29) is 12.1 Å². The van der Waals surface area contributed by atoms with Gasteiger partial charge in [-0.3, -0.25) is 4.79 Å². The summed E-state index contributed by atoms with van der Waals surface area (Å²) in [4.78, 5) is 10.9. The summed E-state index contributed by atoms with van der Waals surface area (Å²) in [6.45, 7) is 2.24. The molecule has 0 spiro atoms. The lowest BCUT2D eigenvalue weighted by atomic mass is 10.0. The van der Waals surface area contributed by atoms with E-state index < -0.39 is 0 Å². The third-order valence-electron chi connectivity index (χ3n) is 4.04. The smallest absolute Gasteiger partial charge is 0.305 e. The maximum Gasteiger partial charge on any atom is 0.305 e. The van der Waals surface area contributed by atoms with Crippen LogP contribution >= 0.6 is 0 Å². The quantitative estimate of drug-likeness (QED) is 0.342. The Balaban J connectivity index is 3.19. The number of carbonyl (C=O) groups excluding carboxylic acids is 1. The van der Waals surface area contributed by atoms with E-state index >= 15 is 0 Å². The molecule has 0 aromatic heterocycles. The standard InChI is InChI=1S/C18H36O3/c1-3-4-5-6-7-8-11-14-17(19)15-12-9-10-13-16-18(20)21-2/h17,19H,3-16H2,1-2H3. The van der Waals surface area contributed by atoms with Crippen molar-refractivity contribution < 1.29 is 14.6 Å². The van der Waals surface area contributed by atoms with Crippen molar-refractivity contribution in [1.29, 1.82) is 0 Å². The summed E-state index contributed by atoms with van der Waals surface area (Å²) < 4.78 is 4.60. The summed E-state index contributed by atoms with van der Waals surface area (Å²) in [5.74, 6) is -0.117. The number of hydrogen-bond donors (Lipinski definition) is 1. The van der Waals surface area contributed by atoms with Gasteiger partial charge in [-0.15, -0.1) is 0 Å². The molecule has 0 rings (SSSR count). The van der Waals surface area contributed by atoms with Crippen LogP contribution in [0.1, 0.15) is 96.8 Å². The van der Waals surface area contributed by atoms with E-state index in [9.17, 15) is 9.90 Å². The van der Waals surface area contributed by atoms with E-state index in [0.717, 1.165) is 44.9 Å². The first-order chi connectivity index (χ1) is 10.2. The Labute approximate surface area is 131 Å². The highest BCUT2D eigenvalue weighted by Crippen LogP contribution is 2.14. The molecule has 0 radical (unpaired) electrons. The van der Waals surface area contributed by atoms with Crippen molar-refractivity contribution in [1.82, 2.24) is 0 Å². The average molecular weight is 300 g/mol. The van der Waals surface area contributed by atoms with Crippen molar-refractivity contribution in [2.45, 2.75) is 103 Å². The van der Waals surface area contributed by atoms with Gasteiger partial charge in [0.15, 0.2) is 0 Å². The first kappa shape index (κ1) is 20.4. The van der Waals surface area contributed by atoms with Crippen LogP contribution in [0.25, 0.3) is 0 Å². The third kappa shape index (κ3) is 15.6. The number of hydrogen-bond acceptors (Lipinski definition) is 3. The van der Waals surface area contributed by atoms with Crippen LogP contribution in [0.4, 0.5) is 0 Å². The minimum Gasteiger partial charge on any atom is -0.469 e. The molecule has 0 saturated carbocycles. The van der Waals surface area contributed by atoms with Gasteiger partial charge in [0, 0.05) is 6.42 Å². The fourth-order valence-corrected chi connectivity index (χ4v) is 2.59. The number of ether oxygens (including phenoxy) is 1. The number of esters is 1. The second-order valence-corrected chi connectivity index (χ2v) is 6.09. The Bertz CT molecular complexity index is 229. The summed E-state index contributed by atoms with van der Waals surface area (Å²) in [5.41, 5.74) is 0. The predicted octanol–water partition coefficient (Wildman–Crippen LogP) is 5.00. The Morgan fingerprint density at radius 2 is 1.33 bits per heavy atom. The van der Waals surface area contributed by atoms with Gasteiger partial charge < -0.3 is 9.84 Å². The summed E-state index contributed by atoms with van der Waals surface area (Å²) in [6, 6.07) is 0. The predicted molar refractivity (Wildman–Crippen MR) is 88.3 cm³/mol. The molecule has 0 amide bonds. The van der Waals surface area contributed by atoms with E-state index in [2.05, 4.69) is 11.7 Å². The van der Waals surface area contributed by atoms with Crippen molar-refractivity contribution in [2.75, 3.05) is 7.11 Å². The Morgan fingerprint density at radius 1 is 0.857 bits per heavy atom. The second kappa shape index (κ2) is 15.8. The summed E-state index contributed by atoms with van der Waals surface area (Å²) in [7, 11) is 1.43. The normalized spacial score (nSPS) is 12.3. The maximum atomic E-state index is 10.9. The molecule has 0 aromatic carbocycles. The molecule has 21 heavy (non-hydrogen) atoms. The van der Waals surface area contributed by atoms with Gasteiger partial charge in [0.25, 0.3) is 0 Å². The molecule has 3 nitrogen and oxygen atoms in total. The van der Waals surface area contributed by atoms with Crippen LogP contribution in [0.3, 0.4) is 0 Å². The summed E-state index contributed by atoms with van der Waals surface area (Å²) in [5, 5.41) is 9.90. The van der Waals surface area contributed by atoms with Crippen LogP contribution in [0.15, 0.2) is 0 Å². The van der Waals surface area contributed by atoms with Gasteiger partial charge in [0.2, 0.25) is 0 Å². The number of carbonyl (C=O) groups is 1. The number of rotatable bonds is 15. The summed E-state index contributed by atoms with van der Waals surface area (Å²) >= 11 is 0. The molecule has 3 heteroatoms. The van der Waals surface area contributed by atoms with Crippen molar-refractivity contribution in [3.63, 3.8) is 0 Å². The molecular formula is C18H36O3. The lowest BCUT2D eigenvalue weighted by Crippen LogP contribution is -2.06. The maximum absolute atomic E-state index is 10.9. The van der Waals surface area contributed by atoms with Crippen LogP contribution in [-0.4, -0.2) is 24.3 Å². The van der Waals surface area contributed by atoms with Gasteiger partial charge in [-0.1, -0.05) is 71.1 Å². The van der Waals surface area contributed by atoms with Crippen LogP contribution in [0, 0.1) is 0 Å². The van der Waals surface area contributed by atoms with E-state index in [4.69, 9.17) is 0 Å². The second-order valence-electron chi connectivity index (χ2n) is 6.09. The van der Waals surface area contributed by atoms with Gasteiger partial charge in [-0.05, 0) is 19.3 Å². The molecule has 0 aliphatic heterocycles. The third-order valence-corrected chi connectivity index (χ3v) is 4.04. The monoisotopic (exact) mass is 300 g/mol. The molecular weight excluding hydrogens is 264 g/mol. The minimum absolute atomic E-state index is 0.117. The fraction of sp³-hybridized carbons (Fsp3) is 0.944. The average Bonchev–Trinajstić information content (AvgIpc) is 2.49. The van der Waals surface area contributed by atoms with Gasteiger partial charge in [-0.25, -0.2) is 0 Å². The van der Waals surface area contributed by atoms with E-state index in [1.54, 1.807) is 0 Å². The van der Waals surface area contributed by atoms with Crippen LogP contribution < -0.4 is 0 Å². The lowest BCUT2D eigenvalue weighted by molar-refractivity contribution is -0.140. The van der Waals surface area contributed by atoms with Crippen LogP contribution in [-0.2, 0) is 9.53 Å². The largest absolute Gasteiger partial charge is 0.469 e. The van der Waals surface area contributed by atoms with Gasteiger partial charge in [0.1, 0.15) is 0 Å². The number of aliphatic hydroxyl groups is 1. The zero-order valence-corrected chi connectivity index (χ0v) is 14.2. The van der Waals surface area contributed by atoms with Crippen LogP contribution in [0.2, 0.25) is 0 Å². The molecule has 0 fully saturated rings.